The van der Waals surface area contributed by atoms with Crippen molar-refractivity contribution in [3.05, 3.63) is 47.8 Å². The molecule has 3 heteroatoms. The lowest BCUT2D eigenvalue weighted by molar-refractivity contribution is 0.764. The largest absolute Gasteiger partial charge is 0.399 e. The molecule has 2 N–H and O–H groups in total. The van der Waals surface area contributed by atoms with Crippen LogP contribution in [0.5, 0.6) is 0 Å². The van der Waals surface area contributed by atoms with Crippen LogP contribution in [0, 0.1) is 11.8 Å². The molecular weight excluding hydrogens is 186 g/mol. The summed E-state index contributed by atoms with van der Waals surface area (Å²) in [5, 5.41) is 4.16. The molecule has 0 aliphatic carbocycles. The monoisotopic (exact) mass is 197 g/mol. The van der Waals surface area contributed by atoms with Crippen LogP contribution in [0.4, 0.5) is 5.69 Å². The zero-order chi connectivity index (χ0) is 10.7. The Labute approximate surface area is 88.5 Å². The van der Waals surface area contributed by atoms with Crippen LogP contribution in [-0.2, 0) is 7.05 Å². The van der Waals surface area contributed by atoms with Gasteiger partial charge >= 0.3 is 0 Å². The number of nitrogen functional groups attached to an aromatic ring is 1. The second-order valence-electron chi connectivity index (χ2n) is 3.25. The Morgan fingerprint density at radius 1 is 1.27 bits per heavy atom. The van der Waals surface area contributed by atoms with Crippen molar-refractivity contribution >= 4 is 5.69 Å². The van der Waals surface area contributed by atoms with Gasteiger partial charge in [-0.3, -0.25) is 4.68 Å². The first-order valence-electron chi connectivity index (χ1n) is 4.61. The van der Waals surface area contributed by atoms with E-state index in [9.17, 15) is 0 Å². The van der Waals surface area contributed by atoms with Crippen LogP contribution >= 0.6 is 0 Å². The summed E-state index contributed by atoms with van der Waals surface area (Å²) in [6.45, 7) is 0. The second kappa shape index (κ2) is 3.89. The molecule has 0 fully saturated rings. The number of aryl methyl sites for hydroxylation is 1. The zero-order valence-corrected chi connectivity index (χ0v) is 8.44. The summed E-state index contributed by atoms with van der Waals surface area (Å²) in [4.78, 5) is 0. The number of anilines is 1. The Morgan fingerprint density at radius 3 is 2.80 bits per heavy atom. The van der Waals surface area contributed by atoms with Crippen molar-refractivity contribution in [3.8, 4) is 11.8 Å². The lowest BCUT2D eigenvalue weighted by Gasteiger charge is -1.91. The van der Waals surface area contributed by atoms with Crippen molar-refractivity contribution in [2.24, 2.45) is 7.05 Å². The number of hydrogen-bond donors (Lipinski definition) is 1. The molecule has 0 aliphatic rings. The predicted molar refractivity (Wildman–Crippen MR) is 60.0 cm³/mol. The zero-order valence-electron chi connectivity index (χ0n) is 8.44. The molecule has 0 aliphatic heterocycles. The summed E-state index contributed by atoms with van der Waals surface area (Å²) in [6, 6.07) is 9.37. The number of benzene rings is 1. The first-order chi connectivity index (χ1) is 7.24. The Hall–Kier alpha value is -2.21. The van der Waals surface area contributed by atoms with Gasteiger partial charge in [0.05, 0.1) is 0 Å². The van der Waals surface area contributed by atoms with Gasteiger partial charge in [0, 0.05) is 24.5 Å². The van der Waals surface area contributed by atoms with Crippen LogP contribution in [-0.4, -0.2) is 9.78 Å². The molecule has 0 saturated heterocycles. The maximum Gasteiger partial charge on any atom is 0.135 e. The number of nitrogens with two attached hydrogens (primary N) is 1. The minimum Gasteiger partial charge on any atom is -0.399 e. The van der Waals surface area contributed by atoms with E-state index in [0.717, 1.165) is 16.9 Å². The van der Waals surface area contributed by atoms with E-state index in [1.807, 2.05) is 43.6 Å². The molecule has 0 amide bonds. The summed E-state index contributed by atoms with van der Waals surface area (Å²) in [6.07, 6.45) is 1.86. The van der Waals surface area contributed by atoms with Crippen molar-refractivity contribution in [3.63, 3.8) is 0 Å². The summed E-state index contributed by atoms with van der Waals surface area (Å²) in [5.41, 5.74) is 8.04. The third kappa shape index (κ3) is 2.38. The number of rotatable bonds is 0. The second-order valence-corrected chi connectivity index (χ2v) is 3.25. The van der Waals surface area contributed by atoms with Crippen molar-refractivity contribution < 1.29 is 0 Å². The Kier molecular flexibility index (Phi) is 2.42. The molecule has 0 radical (unpaired) electrons. The van der Waals surface area contributed by atoms with E-state index in [-0.39, 0.29) is 0 Å². The van der Waals surface area contributed by atoms with Crippen molar-refractivity contribution in [2.75, 3.05) is 5.73 Å². The maximum absolute atomic E-state index is 5.64. The van der Waals surface area contributed by atoms with Crippen LogP contribution in [0.1, 0.15) is 11.3 Å². The van der Waals surface area contributed by atoms with Gasteiger partial charge in [0.25, 0.3) is 0 Å². The molecule has 15 heavy (non-hydrogen) atoms. The molecule has 0 bridgehead atoms. The van der Waals surface area contributed by atoms with Crippen LogP contribution in [0.15, 0.2) is 36.5 Å². The molecule has 2 aromatic rings. The quantitative estimate of drug-likeness (QED) is 0.512. The molecule has 0 unspecified atom stereocenters. The fraction of sp³-hybridized carbons (Fsp3) is 0.0833. The Morgan fingerprint density at radius 2 is 2.13 bits per heavy atom. The fourth-order valence-corrected chi connectivity index (χ4v) is 1.23. The van der Waals surface area contributed by atoms with E-state index in [4.69, 9.17) is 5.73 Å². The van der Waals surface area contributed by atoms with Gasteiger partial charge in [-0.05, 0) is 30.2 Å². The molecule has 1 aromatic carbocycles. The third-order valence-electron chi connectivity index (χ3n) is 1.94. The van der Waals surface area contributed by atoms with Gasteiger partial charge in [-0.1, -0.05) is 12.0 Å². The van der Waals surface area contributed by atoms with Crippen LogP contribution in [0.25, 0.3) is 0 Å². The van der Waals surface area contributed by atoms with Crippen LogP contribution in [0.3, 0.4) is 0 Å². The standard InChI is InChI=1S/C12H11N3/c1-15-8-7-12(14-15)6-5-10-3-2-4-11(13)9-10/h2-4,7-9H,13H2,1H3. The van der Waals surface area contributed by atoms with Gasteiger partial charge in [-0.25, -0.2) is 0 Å². The Balaban J connectivity index is 2.25. The first-order valence-corrected chi connectivity index (χ1v) is 4.61. The van der Waals surface area contributed by atoms with Gasteiger partial charge in [-0.2, -0.15) is 5.10 Å². The molecule has 0 spiro atoms. The molecule has 74 valence electrons. The van der Waals surface area contributed by atoms with Gasteiger partial charge in [-0.15, -0.1) is 0 Å². The molecule has 3 nitrogen and oxygen atoms in total. The molecule has 1 aromatic heterocycles. The molecule has 0 saturated carbocycles. The summed E-state index contributed by atoms with van der Waals surface area (Å²) in [5.74, 6) is 5.98. The number of aromatic nitrogens is 2. The van der Waals surface area contributed by atoms with Crippen molar-refractivity contribution in [1.82, 2.24) is 9.78 Å². The highest BCUT2D eigenvalue weighted by molar-refractivity contribution is 5.48. The average Bonchev–Trinajstić information content (AvgIpc) is 2.62. The maximum atomic E-state index is 5.64. The van der Waals surface area contributed by atoms with Gasteiger partial charge < -0.3 is 5.73 Å². The third-order valence-corrected chi connectivity index (χ3v) is 1.94. The minimum absolute atomic E-state index is 0.725. The Bertz CT molecular complexity index is 529. The SMILES string of the molecule is Cn1ccc(C#Cc2cccc(N)c2)n1. The average molecular weight is 197 g/mol. The van der Waals surface area contributed by atoms with E-state index in [1.54, 1.807) is 4.68 Å². The normalized spacial score (nSPS) is 9.40. The predicted octanol–water partition coefficient (Wildman–Crippen LogP) is 1.40. The van der Waals surface area contributed by atoms with E-state index in [1.165, 1.54) is 0 Å². The van der Waals surface area contributed by atoms with Gasteiger partial charge in [0.15, 0.2) is 0 Å². The smallest absolute Gasteiger partial charge is 0.135 e. The lowest BCUT2D eigenvalue weighted by Crippen LogP contribution is -1.87. The molecule has 2 rings (SSSR count). The van der Waals surface area contributed by atoms with E-state index < -0.39 is 0 Å². The van der Waals surface area contributed by atoms with Crippen molar-refractivity contribution in [1.29, 1.82) is 0 Å². The topological polar surface area (TPSA) is 43.8 Å². The highest BCUT2D eigenvalue weighted by Gasteiger charge is 1.90. The van der Waals surface area contributed by atoms with Crippen molar-refractivity contribution in [2.45, 2.75) is 0 Å². The highest BCUT2D eigenvalue weighted by Crippen LogP contribution is 2.04. The molecule has 1 heterocycles. The van der Waals surface area contributed by atoms with E-state index >= 15 is 0 Å². The van der Waals surface area contributed by atoms with Crippen LogP contribution < -0.4 is 5.73 Å². The fourth-order valence-electron chi connectivity index (χ4n) is 1.23. The highest BCUT2D eigenvalue weighted by atomic mass is 15.2. The lowest BCUT2D eigenvalue weighted by atomic mass is 10.2. The van der Waals surface area contributed by atoms with E-state index in [0.29, 0.717) is 0 Å². The van der Waals surface area contributed by atoms with Crippen LogP contribution in [0.2, 0.25) is 0 Å². The summed E-state index contributed by atoms with van der Waals surface area (Å²) in [7, 11) is 1.87. The summed E-state index contributed by atoms with van der Waals surface area (Å²) < 4.78 is 1.73. The van der Waals surface area contributed by atoms with Gasteiger partial charge in [0.1, 0.15) is 5.69 Å². The number of nitrogens with zero attached hydrogens (tertiary/aromatic N) is 2. The molecular formula is C12H11N3. The summed E-state index contributed by atoms with van der Waals surface area (Å²) >= 11 is 0. The minimum atomic E-state index is 0.725. The number of hydrogen-bond acceptors (Lipinski definition) is 2. The van der Waals surface area contributed by atoms with Gasteiger partial charge in [0.2, 0.25) is 0 Å². The molecule has 0 atom stereocenters. The van der Waals surface area contributed by atoms with E-state index in [2.05, 4.69) is 16.9 Å². The first kappa shape index (κ1) is 9.35.